The molecule has 0 fully saturated rings. The van der Waals surface area contributed by atoms with Gasteiger partial charge in [0.05, 0.1) is 18.7 Å². The average molecular weight is 274 g/mol. The van der Waals surface area contributed by atoms with Gasteiger partial charge in [-0.15, -0.1) is 0 Å². The van der Waals surface area contributed by atoms with Crippen molar-refractivity contribution in [2.24, 2.45) is 7.05 Å². The minimum absolute atomic E-state index is 0.0834. The Labute approximate surface area is 103 Å². The minimum atomic E-state index is -3.73. The summed E-state index contributed by atoms with van der Waals surface area (Å²) in [7, 11) is -2.06. The maximum absolute atomic E-state index is 11.8. The fourth-order valence-electron chi connectivity index (χ4n) is 1.08. The molecule has 9 heteroatoms. The zero-order valence-electron chi connectivity index (χ0n) is 8.70. The molecule has 2 rings (SSSR count). The van der Waals surface area contributed by atoms with Gasteiger partial charge in [-0.2, -0.15) is 8.42 Å². The Kier molecular flexibility index (Phi) is 2.99. The van der Waals surface area contributed by atoms with E-state index in [-0.39, 0.29) is 16.0 Å². The first-order valence-electron chi connectivity index (χ1n) is 4.46. The summed E-state index contributed by atoms with van der Waals surface area (Å²) in [5.41, 5.74) is 0. The number of nitrogens with one attached hydrogen (secondary N) is 1. The molecule has 2 aromatic heterocycles. The van der Waals surface area contributed by atoms with E-state index in [0.717, 1.165) is 0 Å². The van der Waals surface area contributed by atoms with Crippen LogP contribution in [0.4, 0.5) is 5.82 Å². The van der Waals surface area contributed by atoms with E-state index >= 15 is 0 Å². The minimum Gasteiger partial charge on any atom is -0.339 e. The first-order valence-corrected chi connectivity index (χ1v) is 6.32. The quantitative estimate of drug-likeness (QED) is 0.887. The number of anilines is 1. The topological polar surface area (TPSA) is 89.8 Å². The van der Waals surface area contributed by atoms with Gasteiger partial charge >= 0.3 is 0 Å². The Morgan fingerprint density at radius 3 is 2.59 bits per heavy atom. The second-order valence-corrected chi connectivity index (χ2v) is 5.22. The predicted octanol–water partition coefficient (Wildman–Crippen LogP) is 0.664. The maximum atomic E-state index is 11.8. The van der Waals surface area contributed by atoms with Crippen LogP contribution in [0.1, 0.15) is 0 Å². The highest BCUT2D eigenvalue weighted by Gasteiger charge is 2.17. The SMILES string of the molecule is Cn1cnc(S(=O)(=O)Nc2cnc(Cl)cn2)c1. The first-order chi connectivity index (χ1) is 7.97. The summed E-state index contributed by atoms with van der Waals surface area (Å²) in [6.45, 7) is 0. The van der Waals surface area contributed by atoms with Crippen molar-refractivity contribution >= 4 is 27.4 Å². The molecule has 0 aliphatic heterocycles. The number of aryl methyl sites for hydroxylation is 1. The molecular weight excluding hydrogens is 266 g/mol. The number of rotatable bonds is 3. The van der Waals surface area contributed by atoms with Crippen molar-refractivity contribution in [2.75, 3.05) is 4.72 Å². The van der Waals surface area contributed by atoms with Crippen LogP contribution in [0.5, 0.6) is 0 Å². The summed E-state index contributed by atoms with van der Waals surface area (Å²) < 4.78 is 27.4. The summed E-state index contributed by atoms with van der Waals surface area (Å²) in [5.74, 6) is 0.0834. The van der Waals surface area contributed by atoms with Gasteiger partial charge in [-0.05, 0) is 0 Å². The molecule has 2 heterocycles. The number of halogens is 1. The molecule has 0 bridgehead atoms. The van der Waals surface area contributed by atoms with Crippen molar-refractivity contribution in [1.82, 2.24) is 19.5 Å². The number of sulfonamides is 1. The lowest BCUT2D eigenvalue weighted by Gasteiger charge is -2.03. The normalized spacial score (nSPS) is 11.4. The maximum Gasteiger partial charge on any atom is 0.282 e. The molecule has 0 aliphatic rings. The van der Waals surface area contributed by atoms with Gasteiger partial charge in [0.15, 0.2) is 10.8 Å². The lowest BCUT2D eigenvalue weighted by atomic mass is 10.7. The number of hydrogen-bond acceptors (Lipinski definition) is 5. The standard InChI is InChI=1S/C8H8ClN5O2S/c1-14-4-8(12-5-14)17(15,16)13-7-3-10-6(9)2-11-7/h2-5H,1H3,(H,11,13). The molecule has 0 saturated heterocycles. The lowest BCUT2D eigenvalue weighted by Crippen LogP contribution is -2.14. The van der Waals surface area contributed by atoms with Gasteiger partial charge in [0.2, 0.25) is 0 Å². The van der Waals surface area contributed by atoms with E-state index in [1.807, 2.05) is 0 Å². The third-order valence-electron chi connectivity index (χ3n) is 1.82. The van der Waals surface area contributed by atoms with E-state index in [1.54, 1.807) is 7.05 Å². The Bertz CT molecular complexity index is 622. The Morgan fingerprint density at radius 2 is 2.06 bits per heavy atom. The van der Waals surface area contributed by atoms with Crippen LogP contribution in [0, 0.1) is 0 Å². The van der Waals surface area contributed by atoms with E-state index in [0.29, 0.717) is 0 Å². The third kappa shape index (κ3) is 2.71. The molecular formula is C8H8ClN5O2S. The number of aromatic nitrogens is 4. The van der Waals surface area contributed by atoms with Crippen molar-refractivity contribution in [2.45, 2.75) is 5.03 Å². The molecule has 0 spiro atoms. The molecule has 1 N–H and O–H groups in total. The predicted molar refractivity (Wildman–Crippen MR) is 61.1 cm³/mol. The van der Waals surface area contributed by atoms with Crippen LogP contribution in [-0.2, 0) is 17.1 Å². The second kappa shape index (κ2) is 4.30. The fraction of sp³-hybridized carbons (Fsp3) is 0.125. The molecule has 7 nitrogen and oxygen atoms in total. The number of hydrogen-bond donors (Lipinski definition) is 1. The van der Waals surface area contributed by atoms with Crippen LogP contribution in [0.15, 0.2) is 29.9 Å². The van der Waals surface area contributed by atoms with Crippen LogP contribution >= 0.6 is 11.6 Å². The lowest BCUT2D eigenvalue weighted by molar-refractivity contribution is 0.598. The summed E-state index contributed by atoms with van der Waals surface area (Å²) in [5, 5.41) is 0.0996. The van der Waals surface area contributed by atoms with Gasteiger partial charge in [0, 0.05) is 13.2 Å². The van der Waals surface area contributed by atoms with E-state index in [4.69, 9.17) is 11.6 Å². The van der Waals surface area contributed by atoms with Crippen molar-refractivity contribution < 1.29 is 8.42 Å². The number of nitrogens with zero attached hydrogens (tertiary/aromatic N) is 4. The smallest absolute Gasteiger partial charge is 0.282 e. The molecule has 0 aromatic carbocycles. The fourth-order valence-corrected chi connectivity index (χ4v) is 2.16. The van der Waals surface area contributed by atoms with Gasteiger partial charge in [0.1, 0.15) is 5.15 Å². The molecule has 0 unspecified atom stereocenters. The van der Waals surface area contributed by atoms with Crippen molar-refractivity contribution in [3.05, 3.63) is 30.1 Å². The van der Waals surface area contributed by atoms with Gasteiger partial charge in [-0.3, -0.25) is 4.72 Å². The first kappa shape index (κ1) is 11.8. The van der Waals surface area contributed by atoms with Crippen LogP contribution in [0.2, 0.25) is 5.15 Å². The van der Waals surface area contributed by atoms with Crippen LogP contribution in [-0.4, -0.2) is 27.9 Å². The van der Waals surface area contributed by atoms with Crippen LogP contribution < -0.4 is 4.72 Å². The van der Waals surface area contributed by atoms with E-state index in [2.05, 4.69) is 19.7 Å². The molecule has 0 radical (unpaired) electrons. The molecule has 0 amide bonds. The third-order valence-corrected chi connectivity index (χ3v) is 3.25. The van der Waals surface area contributed by atoms with Gasteiger partial charge in [-0.25, -0.2) is 15.0 Å². The zero-order chi connectivity index (χ0) is 12.5. The molecule has 2 aromatic rings. The molecule has 0 saturated carbocycles. The molecule has 90 valence electrons. The summed E-state index contributed by atoms with van der Waals surface area (Å²) >= 11 is 5.54. The highest BCUT2D eigenvalue weighted by molar-refractivity contribution is 7.92. The van der Waals surface area contributed by atoms with Crippen LogP contribution in [0.25, 0.3) is 0 Å². The Hall–Kier alpha value is -1.67. The molecule has 0 aliphatic carbocycles. The second-order valence-electron chi connectivity index (χ2n) is 3.21. The highest BCUT2D eigenvalue weighted by atomic mass is 35.5. The van der Waals surface area contributed by atoms with Crippen molar-refractivity contribution in [3.8, 4) is 0 Å². The summed E-state index contributed by atoms with van der Waals surface area (Å²) in [6, 6.07) is 0. The van der Waals surface area contributed by atoms with E-state index < -0.39 is 10.0 Å². The summed E-state index contributed by atoms with van der Waals surface area (Å²) in [6.07, 6.45) is 5.24. The highest BCUT2D eigenvalue weighted by Crippen LogP contribution is 2.12. The molecule has 17 heavy (non-hydrogen) atoms. The Morgan fingerprint density at radius 1 is 1.29 bits per heavy atom. The van der Waals surface area contributed by atoms with E-state index in [9.17, 15) is 8.42 Å². The van der Waals surface area contributed by atoms with Gasteiger partial charge < -0.3 is 4.57 Å². The van der Waals surface area contributed by atoms with Gasteiger partial charge in [0.25, 0.3) is 10.0 Å². The number of imidazole rings is 1. The van der Waals surface area contributed by atoms with Crippen molar-refractivity contribution in [1.29, 1.82) is 0 Å². The van der Waals surface area contributed by atoms with Gasteiger partial charge in [-0.1, -0.05) is 11.6 Å². The monoisotopic (exact) mass is 273 g/mol. The van der Waals surface area contributed by atoms with E-state index in [1.165, 1.54) is 29.5 Å². The largest absolute Gasteiger partial charge is 0.339 e. The zero-order valence-corrected chi connectivity index (χ0v) is 10.3. The van der Waals surface area contributed by atoms with Crippen LogP contribution in [0.3, 0.4) is 0 Å². The van der Waals surface area contributed by atoms with Crippen molar-refractivity contribution in [3.63, 3.8) is 0 Å². The summed E-state index contributed by atoms with van der Waals surface area (Å²) in [4.78, 5) is 11.2. The average Bonchev–Trinajstić information content (AvgIpc) is 2.69. The Balaban J connectivity index is 2.26. The molecule has 0 atom stereocenters.